The van der Waals surface area contributed by atoms with Crippen molar-refractivity contribution in [2.45, 2.75) is 45.4 Å². The second-order valence-corrected chi connectivity index (χ2v) is 4.23. The van der Waals surface area contributed by atoms with Crippen LogP contribution in [0.1, 0.15) is 33.6 Å². The van der Waals surface area contributed by atoms with Gasteiger partial charge in [-0.15, -0.1) is 0 Å². The number of hydrogen-bond donors (Lipinski definition) is 1. The molecule has 0 heterocycles. The quantitative estimate of drug-likeness (QED) is 0.799. The van der Waals surface area contributed by atoms with Gasteiger partial charge in [-0.05, 0) is 27.2 Å². The van der Waals surface area contributed by atoms with E-state index >= 15 is 0 Å². The molecule has 0 saturated heterocycles. The normalized spacial score (nSPS) is 10.8. The molecule has 0 aromatic rings. The summed E-state index contributed by atoms with van der Waals surface area (Å²) in [5, 5.41) is 2.25. The average molecular weight is 271 g/mol. The Bertz CT molecular complexity index is 278. The topological polar surface area (TPSA) is 72.5 Å². The fraction of sp³-hybridized carbons (Fsp3) is 0.800. The molecule has 0 saturated carbocycles. The lowest BCUT2D eigenvalue weighted by Gasteiger charge is -2.19. The molecule has 0 aliphatic rings. The number of carbonyl (C=O) groups excluding carboxylic acids is 3. The minimum absolute atomic E-state index is 0.0333. The van der Waals surface area contributed by atoms with Gasteiger partial charge in [-0.2, -0.15) is 22.8 Å². The van der Waals surface area contributed by atoms with Crippen LogP contribution in [0.25, 0.3) is 0 Å². The maximum atomic E-state index is 11.7. The SMILES string of the molecule is CC(C)(C)OC(=O)NCCCC(F)(F)F.O=C=O. The maximum Gasteiger partial charge on any atom is 0.407 e. The number of alkyl carbamates (subject to hydrolysis) is 1. The summed E-state index contributed by atoms with van der Waals surface area (Å²) in [7, 11) is 0. The molecule has 0 aliphatic carbocycles. The Hall–Kier alpha value is -1.56. The Morgan fingerprint density at radius 2 is 1.67 bits per heavy atom. The smallest absolute Gasteiger partial charge is 0.407 e. The molecule has 0 unspecified atom stereocenters. The molecule has 0 aliphatic heterocycles. The van der Waals surface area contributed by atoms with E-state index in [2.05, 4.69) is 5.32 Å². The highest BCUT2D eigenvalue weighted by molar-refractivity contribution is 5.67. The van der Waals surface area contributed by atoms with Gasteiger partial charge in [0.25, 0.3) is 0 Å². The van der Waals surface area contributed by atoms with Gasteiger partial charge < -0.3 is 10.1 Å². The van der Waals surface area contributed by atoms with E-state index in [0.29, 0.717) is 0 Å². The zero-order valence-electron chi connectivity index (χ0n) is 10.4. The third-order valence-electron chi connectivity index (χ3n) is 1.31. The summed E-state index contributed by atoms with van der Waals surface area (Å²) in [6.45, 7) is 5.02. The zero-order valence-corrected chi connectivity index (χ0v) is 10.4. The first-order chi connectivity index (χ1) is 8.02. The lowest BCUT2D eigenvalue weighted by Crippen LogP contribution is -2.33. The second-order valence-electron chi connectivity index (χ2n) is 4.23. The largest absolute Gasteiger partial charge is 0.444 e. The number of nitrogens with one attached hydrogen (secondary N) is 1. The summed E-state index contributed by atoms with van der Waals surface area (Å²) in [6.07, 6.45) is -5.65. The molecule has 0 radical (unpaired) electrons. The second kappa shape index (κ2) is 8.52. The molecule has 0 aromatic heterocycles. The van der Waals surface area contributed by atoms with Gasteiger partial charge >= 0.3 is 18.4 Å². The van der Waals surface area contributed by atoms with E-state index in [1.807, 2.05) is 0 Å². The van der Waals surface area contributed by atoms with E-state index in [1.165, 1.54) is 0 Å². The van der Waals surface area contributed by atoms with E-state index < -0.39 is 24.3 Å². The number of hydrogen-bond acceptors (Lipinski definition) is 4. The molecule has 8 heteroatoms. The summed E-state index contributed by atoms with van der Waals surface area (Å²) in [6, 6.07) is 0. The summed E-state index contributed by atoms with van der Waals surface area (Å²) in [4.78, 5) is 27.2. The summed E-state index contributed by atoms with van der Waals surface area (Å²) < 4.78 is 40.0. The lowest BCUT2D eigenvalue weighted by atomic mass is 10.2. The van der Waals surface area contributed by atoms with Crippen molar-refractivity contribution in [1.82, 2.24) is 5.32 Å². The Morgan fingerprint density at radius 1 is 1.22 bits per heavy atom. The molecule has 1 N–H and O–H groups in total. The molecule has 0 bridgehead atoms. The van der Waals surface area contributed by atoms with Gasteiger partial charge in [0, 0.05) is 13.0 Å². The van der Waals surface area contributed by atoms with Gasteiger partial charge in [0.2, 0.25) is 0 Å². The average Bonchev–Trinajstić information content (AvgIpc) is 2.09. The molecular formula is C10H16F3NO4. The maximum absolute atomic E-state index is 11.7. The molecule has 0 aromatic carbocycles. The molecule has 18 heavy (non-hydrogen) atoms. The number of alkyl halides is 3. The summed E-state index contributed by atoms with van der Waals surface area (Å²) in [5.74, 6) is 0. The number of halogens is 3. The molecule has 5 nitrogen and oxygen atoms in total. The number of amides is 1. The van der Waals surface area contributed by atoms with E-state index in [-0.39, 0.29) is 19.1 Å². The minimum atomic E-state index is -4.17. The standard InChI is InChI=1S/C9H16F3NO2.CO2/c1-8(2,3)15-7(14)13-6-4-5-9(10,11)12;2-1-3/h4-6H2,1-3H3,(H,13,14);. The predicted molar refractivity (Wildman–Crippen MR) is 54.5 cm³/mol. The third-order valence-corrected chi connectivity index (χ3v) is 1.31. The first-order valence-corrected chi connectivity index (χ1v) is 5.04. The van der Waals surface area contributed by atoms with Gasteiger partial charge in [0.05, 0.1) is 0 Å². The van der Waals surface area contributed by atoms with Crippen LogP contribution in [-0.4, -0.2) is 30.6 Å². The number of rotatable bonds is 3. The van der Waals surface area contributed by atoms with Crippen molar-refractivity contribution in [1.29, 1.82) is 0 Å². The summed E-state index contributed by atoms with van der Waals surface area (Å²) >= 11 is 0. The van der Waals surface area contributed by atoms with Crippen LogP contribution in [-0.2, 0) is 14.3 Å². The highest BCUT2D eigenvalue weighted by Crippen LogP contribution is 2.20. The van der Waals surface area contributed by atoms with Crippen molar-refractivity contribution in [3.8, 4) is 0 Å². The minimum Gasteiger partial charge on any atom is -0.444 e. The predicted octanol–water partition coefficient (Wildman–Crippen LogP) is 2.27. The van der Waals surface area contributed by atoms with Crippen LogP contribution in [0.3, 0.4) is 0 Å². The number of carbonyl (C=O) groups is 1. The molecule has 0 rings (SSSR count). The van der Waals surface area contributed by atoms with E-state index in [0.717, 1.165) is 0 Å². The van der Waals surface area contributed by atoms with Crippen LogP contribution in [0.4, 0.5) is 18.0 Å². The molecular weight excluding hydrogens is 255 g/mol. The monoisotopic (exact) mass is 271 g/mol. The van der Waals surface area contributed by atoms with Crippen LogP contribution in [0.15, 0.2) is 0 Å². The van der Waals surface area contributed by atoms with Gasteiger partial charge in [0.1, 0.15) is 5.60 Å². The molecule has 0 fully saturated rings. The Kier molecular flexibility index (Phi) is 8.90. The Morgan fingerprint density at radius 3 is 2.00 bits per heavy atom. The van der Waals surface area contributed by atoms with Crippen LogP contribution < -0.4 is 5.32 Å². The highest BCUT2D eigenvalue weighted by Gasteiger charge is 2.26. The van der Waals surface area contributed by atoms with Crippen molar-refractivity contribution in [3.05, 3.63) is 0 Å². The van der Waals surface area contributed by atoms with Crippen molar-refractivity contribution in [2.75, 3.05) is 6.54 Å². The van der Waals surface area contributed by atoms with Gasteiger partial charge in [-0.25, -0.2) is 4.79 Å². The number of ether oxygens (including phenoxy) is 1. The first-order valence-electron chi connectivity index (χ1n) is 5.04. The fourth-order valence-electron chi connectivity index (χ4n) is 0.793. The van der Waals surface area contributed by atoms with Crippen LogP contribution in [0.5, 0.6) is 0 Å². The molecule has 0 atom stereocenters. The first kappa shape index (κ1) is 18.8. The van der Waals surface area contributed by atoms with Crippen LogP contribution in [0.2, 0.25) is 0 Å². The van der Waals surface area contributed by atoms with Crippen molar-refractivity contribution in [2.24, 2.45) is 0 Å². The van der Waals surface area contributed by atoms with Gasteiger partial charge in [-0.1, -0.05) is 0 Å². The molecule has 0 spiro atoms. The van der Waals surface area contributed by atoms with E-state index in [4.69, 9.17) is 14.3 Å². The van der Waals surface area contributed by atoms with E-state index in [1.54, 1.807) is 20.8 Å². The van der Waals surface area contributed by atoms with Crippen molar-refractivity contribution >= 4 is 12.2 Å². The van der Waals surface area contributed by atoms with Crippen molar-refractivity contribution < 1.29 is 32.3 Å². The van der Waals surface area contributed by atoms with Gasteiger partial charge in [-0.3, -0.25) is 0 Å². The van der Waals surface area contributed by atoms with E-state index in [9.17, 15) is 18.0 Å². The fourth-order valence-corrected chi connectivity index (χ4v) is 0.793. The van der Waals surface area contributed by atoms with Crippen LogP contribution in [0, 0.1) is 0 Å². The molecule has 106 valence electrons. The zero-order chi connectivity index (χ0) is 14.8. The van der Waals surface area contributed by atoms with Crippen LogP contribution >= 0.6 is 0 Å². The highest BCUT2D eigenvalue weighted by atomic mass is 19.4. The molecule has 1 amide bonds. The lowest BCUT2D eigenvalue weighted by molar-refractivity contribution is -0.191. The van der Waals surface area contributed by atoms with Gasteiger partial charge in [0.15, 0.2) is 0 Å². The Balaban J connectivity index is 0. The Labute approximate surface area is 103 Å². The van der Waals surface area contributed by atoms with Crippen molar-refractivity contribution in [3.63, 3.8) is 0 Å². The third kappa shape index (κ3) is 19.9. The summed E-state index contributed by atoms with van der Waals surface area (Å²) in [5.41, 5.74) is -0.631.